The molecule has 1 aliphatic carbocycles. The summed E-state index contributed by atoms with van der Waals surface area (Å²) in [6, 6.07) is 11.7. The number of hydrogen-bond acceptors (Lipinski definition) is 14. The van der Waals surface area contributed by atoms with Crippen molar-refractivity contribution in [1.29, 1.82) is 0 Å². The number of anilines is 1. The van der Waals surface area contributed by atoms with Gasteiger partial charge in [0.15, 0.2) is 0 Å². The molecule has 2 aromatic heterocycles. The minimum Gasteiger partial charge on any atom is -0.467 e. The number of aromatic nitrogens is 2. The zero-order valence-electron chi connectivity index (χ0n) is 44.6. The van der Waals surface area contributed by atoms with Gasteiger partial charge in [-0.3, -0.25) is 39.2 Å². The number of hydrogen-bond donors (Lipinski definition) is 3. The summed E-state index contributed by atoms with van der Waals surface area (Å²) in [6.07, 6.45) is 10.6. The van der Waals surface area contributed by atoms with Gasteiger partial charge in [-0.2, -0.15) is 0 Å². The lowest BCUT2D eigenvalue weighted by Gasteiger charge is -2.55. The van der Waals surface area contributed by atoms with Crippen LogP contribution in [0.3, 0.4) is 0 Å². The topological polar surface area (TPSA) is 163 Å². The molecule has 3 aromatic rings. The average Bonchev–Trinajstić information content (AvgIpc) is 4.17. The van der Waals surface area contributed by atoms with Crippen LogP contribution in [-0.2, 0) is 33.3 Å². The normalized spacial score (nSPS) is 27.2. The average molecular weight is 1020 g/mol. The standard InChI is InChI=1S/C58H79N9O7.2H2/c1-7-41-43-16-15-40(26-44(43)46(27-57(4,5)34-72-35-68)49(41)45-25-38(39-28-59-29-39)30-61-50(45)37(3)71-6)64-22-24-73-48(31-64)54(65-32-58(33-65)17-12-23-74-58)52(56(70)67-21-9-8-19-62-67)63-55(69)53-36(2)42-13-10-18-60-51(42)47-14-11-20-66(47)53;;/h10,13,15-16,18,25-26,30,35-37,39,41,47-48,52-54,59,62H,7-9,11-12,14,17,19-24,27-29,31-34H2,1-6H3,(H,63,69);2*1H/t36?,37-,41?,47?,48+,52-,53-,54+;;/m0../s1. The summed E-state index contributed by atoms with van der Waals surface area (Å²) in [5.74, 6) is 0.162. The molecule has 3 N–H and O–H groups in total. The smallest absolute Gasteiger partial charge is 0.293 e. The number of morpholine rings is 1. The molecule has 16 heteroatoms. The van der Waals surface area contributed by atoms with Crippen molar-refractivity contribution in [3.8, 4) is 0 Å². The number of amides is 2. The molecule has 3 unspecified atom stereocenters. The van der Waals surface area contributed by atoms with Gasteiger partial charge < -0.3 is 34.5 Å². The minimum absolute atomic E-state index is 0. The van der Waals surface area contributed by atoms with E-state index in [4.69, 9.17) is 28.9 Å². The Morgan fingerprint density at radius 1 is 1.04 bits per heavy atom. The number of benzene rings is 1. The number of rotatable bonds is 17. The van der Waals surface area contributed by atoms with Crippen LogP contribution in [0.2, 0.25) is 0 Å². The summed E-state index contributed by atoms with van der Waals surface area (Å²) < 4.78 is 24.9. The Labute approximate surface area is 440 Å². The number of pyridine rings is 2. The van der Waals surface area contributed by atoms with E-state index in [9.17, 15) is 4.79 Å². The molecule has 6 saturated heterocycles. The maximum absolute atomic E-state index is 15.4. The molecule has 402 valence electrons. The molecular formula is C58H83N9O7. The van der Waals surface area contributed by atoms with Gasteiger partial charge in [-0.25, -0.2) is 5.43 Å². The summed E-state index contributed by atoms with van der Waals surface area (Å²) in [4.78, 5) is 59.5. The van der Waals surface area contributed by atoms with E-state index in [-0.39, 0.29) is 56.3 Å². The first-order valence-corrected chi connectivity index (χ1v) is 27.9. The fourth-order valence-corrected chi connectivity index (χ4v) is 14.1. The number of nitrogens with zero attached hydrogens (tertiary/aromatic N) is 6. The van der Waals surface area contributed by atoms with Gasteiger partial charge in [0.05, 0.1) is 60.5 Å². The number of allylic oxidation sites excluding steroid dienone is 2. The Hall–Kier alpha value is -4.81. The summed E-state index contributed by atoms with van der Waals surface area (Å²) in [6.45, 7) is 19.3. The third-order valence-electron chi connectivity index (χ3n) is 18.0. The van der Waals surface area contributed by atoms with Gasteiger partial charge in [-0.05, 0) is 123 Å². The van der Waals surface area contributed by atoms with Crippen LogP contribution in [0.25, 0.3) is 11.1 Å². The zero-order chi connectivity index (χ0) is 51.3. The van der Waals surface area contributed by atoms with Crippen LogP contribution in [0.1, 0.15) is 158 Å². The molecule has 16 nitrogen and oxygen atoms in total. The number of fused-ring (bicyclic) bond motifs is 4. The second kappa shape index (κ2) is 21.3. The van der Waals surface area contributed by atoms with Crippen LogP contribution in [0.5, 0.6) is 0 Å². The molecular weight excluding hydrogens is 935 g/mol. The van der Waals surface area contributed by atoms with E-state index in [1.165, 1.54) is 27.8 Å². The zero-order valence-corrected chi connectivity index (χ0v) is 44.6. The van der Waals surface area contributed by atoms with Crippen LogP contribution < -0.4 is 21.0 Å². The van der Waals surface area contributed by atoms with Crippen molar-refractivity contribution in [1.82, 2.24) is 40.8 Å². The molecule has 9 heterocycles. The first-order valence-electron chi connectivity index (χ1n) is 27.9. The van der Waals surface area contributed by atoms with Gasteiger partial charge in [0, 0.05) is 116 Å². The van der Waals surface area contributed by atoms with Crippen molar-refractivity contribution in [3.63, 3.8) is 0 Å². The Balaban J connectivity index is 0.00000353. The van der Waals surface area contributed by atoms with Crippen LogP contribution in [-0.4, -0.2) is 159 Å². The molecule has 2 amide bonds. The third kappa shape index (κ3) is 9.59. The highest BCUT2D eigenvalue weighted by molar-refractivity contribution is 6.01. The van der Waals surface area contributed by atoms with Crippen LogP contribution in [0, 0.1) is 5.41 Å². The van der Waals surface area contributed by atoms with E-state index < -0.39 is 24.2 Å². The lowest BCUT2D eigenvalue weighted by molar-refractivity contribution is -0.167. The Morgan fingerprint density at radius 2 is 1.89 bits per heavy atom. The minimum atomic E-state index is -0.887. The Morgan fingerprint density at radius 3 is 2.62 bits per heavy atom. The number of carbonyl (C=O) groups is 3. The van der Waals surface area contributed by atoms with Gasteiger partial charge in [0.2, 0.25) is 5.91 Å². The van der Waals surface area contributed by atoms with Gasteiger partial charge in [0.25, 0.3) is 12.4 Å². The fourth-order valence-electron chi connectivity index (χ4n) is 14.1. The number of methoxy groups -OCH3 is 1. The Kier molecular flexibility index (Phi) is 14.8. The molecule has 8 aliphatic rings. The highest BCUT2D eigenvalue weighted by Gasteiger charge is 2.55. The summed E-state index contributed by atoms with van der Waals surface area (Å²) >= 11 is 0. The second-order valence-corrected chi connectivity index (χ2v) is 23.4. The lowest BCUT2D eigenvalue weighted by atomic mass is 9.80. The monoisotopic (exact) mass is 1020 g/mol. The summed E-state index contributed by atoms with van der Waals surface area (Å²) in [7, 11) is 1.75. The van der Waals surface area contributed by atoms with E-state index in [2.05, 4.69) is 95.7 Å². The van der Waals surface area contributed by atoms with E-state index in [1.807, 2.05) is 18.5 Å². The third-order valence-corrected chi connectivity index (χ3v) is 18.0. The molecule has 8 atom stereocenters. The highest BCUT2D eigenvalue weighted by atomic mass is 16.5. The lowest BCUT2D eigenvalue weighted by Crippen LogP contribution is -2.75. The van der Waals surface area contributed by atoms with Crippen molar-refractivity contribution >= 4 is 35.1 Å². The molecule has 1 aromatic carbocycles. The molecule has 11 rings (SSSR count). The quantitative estimate of drug-likeness (QED) is 0.122. The molecule has 0 bridgehead atoms. The molecule has 0 radical (unpaired) electrons. The molecule has 6 fully saturated rings. The van der Waals surface area contributed by atoms with E-state index in [0.717, 1.165) is 99.4 Å². The van der Waals surface area contributed by atoms with Gasteiger partial charge in [0.1, 0.15) is 6.04 Å². The van der Waals surface area contributed by atoms with Crippen molar-refractivity contribution in [2.75, 3.05) is 90.7 Å². The molecule has 7 aliphatic heterocycles. The SMILES string of the molecule is CCC1C(c2cc(C3CNC3)cnc2[C@H](C)OC)=C(CC(C)(C)COC=O)c2cc(N3CCO[C@@H]([C@H]([C@H](NC(=O)[C@@H]4C(C)c5cccnc5C5CCCN54)C(=O)N4CCCCN4)N4CC5(CCCO5)C4)C3)ccc21.[HH].[HH]. The number of carbonyl (C=O) groups excluding carboxylic acids is 3. The Bertz CT molecular complexity index is 2600. The first-order chi connectivity index (χ1) is 35.9. The largest absolute Gasteiger partial charge is 0.467 e. The van der Waals surface area contributed by atoms with E-state index in [0.29, 0.717) is 64.7 Å². The van der Waals surface area contributed by atoms with Crippen LogP contribution >= 0.6 is 0 Å². The number of nitrogens with one attached hydrogen (secondary N) is 3. The van der Waals surface area contributed by atoms with Gasteiger partial charge in [-0.15, -0.1) is 0 Å². The number of hydrazine groups is 1. The molecule has 0 saturated carbocycles. The van der Waals surface area contributed by atoms with Crippen LogP contribution in [0.15, 0.2) is 48.8 Å². The van der Waals surface area contributed by atoms with Crippen molar-refractivity contribution in [3.05, 3.63) is 88.0 Å². The maximum Gasteiger partial charge on any atom is 0.293 e. The second-order valence-electron chi connectivity index (χ2n) is 23.4. The number of likely N-dealkylation sites (tertiary alicyclic amines) is 1. The summed E-state index contributed by atoms with van der Waals surface area (Å²) in [5, 5.41) is 8.72. The molecule has 1 spiro atoms. The first kappa shape index (κ1) is 51.3. The van der Waals surface area contributed by atoms with Crippen molar-refractivity contribution < 1.29 is 36.2 Å². The van der Waals surface area contributed by atoms with E-state index in [1.54, 1.807) is 12.1 Å². The summed E-state index contributed by atoms with van der Waals surface area (Å²) in [5.41, 5.74) is 14.3. The van der Waals surface area contributed by atoms with E-state index >= 15 is 9.59 Å². The molecule has 74 heavy (non-hydrogen) atoms. The van der Waals surface area contributed by atoms with Crippen molar-refractivity contribution in [2.24, 2.45) is 5.41 Å². The highest BCUT2D eigenvalue weighted by Crippen LogP contribution is 2.54. The maximum atomic E-state index is 15.4. The predicted molar refractivity (Wildman–Crippen MR) is 287 cm³/mol. The fraction of sp³-hybridized carbons (Fsp3) is 0.638. The van der Waals surface area contributed by atoms with Crippen LogP contribution in [0.4, 0.5) is 5.69 Å². The van der Waals surface area contributed by atoms with Gasteiger partial charge in [-0.1, -0.05) is 39.8 Å². The van der Waals surface area contributed by atoms with Gasteiger partial charge >= 0.3 is 0 Å². The predicted octanol–water partition coefficient (Wildman–Crippen LogP) is 6.74. The number of ether oxygens (including phenoxy) is 4. The van der Waals surface area contributed by atoms with Crippen molar-refractivity contribution in [2.45, 2.75) is 146 Å².